The molecule has 1 saturated heterocycles. The Balaban J connectivity index is 0.00000288. The molecule has 5 heteroatoms. The van der Waals surface area contributed by atoms with Crippen molar-refractivity contribution in [1.82, 2.24) is 4.90 Å². The molecule has 4 nitrogen and oxygen atoms in total. The van der Waals surface area contributed by atoms with Crippen LogP contribution in [0.4, 0.5) is 0 Å². The standard InChI is InChI=1S/C19H30N2O2.ClH/c1-3-13-23-18-9-6-16(7-10-18)8-11-19(22)21-12-4-5-17(14-21)15(2)20;/h6-7,9-10,15,17H,3-5,8,11-14,20H2,1-2H3;1H. The minimum absolute atomic E-state index is 0. The number of aryl methyl sites for hydroxylation is 1. The minimum atomic E-state index is 0. The van der Waals surface area contributed by atoms with Crippen molar-refractivity contribution in [2.75, 3.05) is 19.7 Å². The molecule has 24 heavy (non-hydrogen) atoms. The molecule has 0 saturated carbocycles. The number of ether oxygens (including phenoxy) is 1. The molecule has 1 heterocycles. The first kappa shape index (κ1) is 20.8. The zero-order chi connectivity index (χ0) is 16.7. The summed E-state index contributed by atoms with van der Waals surface area (Å²) >= 11 is 0. The fourth-order valence-corrected chi connectivity index (χ4v) is 3.05. The quantitative estimate of drug-likeness (QED) is 0.816. The van der Waals surface area contributed by atoms with Crippen molar-refractivity contribution in [2.24, 2.45) is 11.7 Å². The molecule has 0 radical (unpaired) electrons. The van der Waals surface area contributed by atoms with Gasteiger partial charge in [-0.05, 0) is 56.2 Å². The number of amides is 1. The van der Waals surface area contributed by atoms with Crippen LogP contribution < -0.4 is 10.5 Å². The van der Waals surface area contributed by atoms with Crippen LogP contribution in [-0.2, 0) is 11.2 Å². The lowest BCUT2D eigenvalue weighted by Gasteiger charge is -2.34. The Morgan fingerprint density at radius 2 is 2.08 bits per heavy atom. The SMILES string of the molecule is CCCOc1ccc(CCC(=O)N2CCCC(C(C)N)C2)cc1.Cl. The molecule has 1 aliphatic rings. The van der Waals surface area contributed by atoms with Crippen LogP contribution >= 0.6 is 12.4 Å². The zero-order valence-corrected chi connectivity index (χ0v) is 15.7. The summed E-state index contributed by atoms with van der Waals surface area (Å²) in [6, 6.07) is 8.25. The lowest BCUT2D eigenvalue weighted by molar-refractivity contribution is -0.133. The maximum atomic E-state index is 12.4. The van der Waals surface area contributed by atoms with E-state index in [1.54, 1.807) is 0 Å². The summed E-state index contributed by atoms with van der Waals surface area (Å²) in [5.41, 5.74) is 7.18. The molecule has 2 rings (SSSR count). The summed E-state index contributed by atoms with van der Waals surface area (Å²) in [5.74, 6) is 1.60. The summed E-state index contributed by atoms with van der Waals surface area (Å²) in [6.45, 7) is 6.58. The largest absolute Gasteiger partial charge is 0.494 e. The molecule has 1 fully saturated rings. The van der Waals surface area contributed by atoms with Crippen LogP contribution in [-0.4, -0.2) is 36.5 Å². The highest BCUT2D eigenvalue weighted by molar-refractivity contribution is 5.85. The molecular formula is C19H31ClN2O2. The van der Waals surface area contributed by atoms with Gasteiger partial charge in [-0.1, -0.05) is 19.1 Å². The fourth-order valence-electron chi connectivity index (χ4n) is 3.05. The summed E-state index contributed by atoms with van der Waals surface area (Å²) in [7, 11) is 0. The molecule has 1 aliphatic heterocycles. The van der Waals surface area contributed by atoms with Crippen LogP contribution in [0.3, 0.4) is 0 Å². The average Bonchev–Trinajstić information content (AvgIpc) is 2.58. The van der Waals surface area contributed by atoms with Crippen LogP contribution in [0.1, 0.15) is 45.1 Å². The van der Waals surface area contributed by atoms with Crippen molar-refractivity contribution in [3.05, 3.63) is 29.8 Å². The Labute approximate surface area is 152 Å². The monoisotopic (exact) mass is 354 g/mol. The van der Waals surface area contributed by atoms with Gasteiger partial charge < -0.3 is 15.4 Å². The van der Waals surface area contributed by atoms with E-state index in [-0.39, 0.29) is 24.4 Å². The predicted molar refractivity (Wildman–Crippen MR) is 101 cm³/mol. The smallest absolute Gasteiger partial charge is 0.222 e. The van der Waals surface area contributed by atoms with Gasteiger partial charge in [0.1, 0.15) is 5.75 Å². The van der Waals surface area contributed by atoms with Gasteiger partial charge in [-0.2, -0.15) is 0 Å². The minimum Gasteiger partial charge on any atom is -0.494 e. The topological polar surface area (TPSA) is 55.6 Å². The number of halogens is 1. The lowest BCUT2D eigenvalue weighted by atomic mass is 9.92. The molecule has 0 aliphatic carbocycles. The third-order valence-electron chi connectivity index (χ3n) is 4.58. The number of likely N-dealkylation sites (tertiary alicyclic amines) is 1. The Kier molecular flexibility index (Phi) is 9.16. The second-order valence-corrected chi connectivity index (χ2v) is 6.59. The molecule has 2 N–H and O–H groups in total. The van der Waals surface area contributed by atoms with Crippen molar-refractivity contribution in [3.63, 3.8) is 0 Å². The van der Waals surface area contributed by atoms with E-state index in [4.69, 9.17) is 10.5 Å². The maximum absolute atomic E-state index is 12.4. The van der Waals surface area contributed by atoms with E-state index >= 15 is 0 Å². The average molecular weight is 355 g/mol. The van der Waals surface area contributed by atoms with Crippen LogP contribution in [0.25, 0.3) is 0 Å². The van der Waals surface area contributed by atoms with Gasteiger partial charge in [0.05, 0.1) is 6.61 Å². The van der Waals surface area contributed by atoms with Gasteiger partial charge in [0, 0.05) is 25.6 Å². The molecule has 2 unspecified atom stereocenters. The maximum Gasteiger partial charge on any atom is 0.222 e. The number of hydrogen-bond acceptors (Lipinski definition) is 3. The predicted octanol–water partition coefficient (Wildman–Crippen LogP) is 3.42. The molecule has 2 atom stereocenters. The van der Waals surface area contributed by atoms with Gasteiger partial charge in [-0.3, -0.25) is 4.79 Å². The van der Waals surface area contributed by atoms with Crippen molar-refractivity contribution in [3.8, 4) is 5.75 Å². The number of piperidine rings is 1. The van der Waals surface area contributed by atoms with E-state index in [1.807, 2.05) is 24.0 Å². The number of carbonyl (C=O) groups excluding carboxylic acids is 1. The van der Waals surface area contributed by atoms with E-state index < -0.39 is 0 Å². The first-order chi connectivity index (χ1) is 11.1. The van der Waals surface area contributed by atoms with Crippen molar-refractivity contribution < 1.29 is 9.53 Å². The summed E-state index contributed by atoms with van der Waals surface area (Å²) in [6.07, 6.45) is 4.57. The highest BCUT2D eigenvalue weighted by Gasteiger charge is 2.25. The van der Waals surface area contributed by atoms with Gasteiger partial charge in [0.15, 0.2) is 0 Å². The lowest BCUT2D eigenvalue weighted by Crippen LogP contribution is -2.45. The van der Waals surface area contributed by atoms with Crippen LogP contribution in [0, 0.1) is 5.92 Å². The Bertz CT molecular complexity index is 491. The zero-order valence-electron chi connectivity index (χ0n) is 14.9. The first-order valence-electron chi connectivity index (χ1n) is 8.85. The molecule has 0 aromatic heterocycles. The molecule has 1 aromatic rings. The fraction of sp³-hybridized carbons (Fsp3) is 0.632. The third kappa shape index (κ3) is 6.33. The van der Waals surface area contributed by atoms with Crippen LogP contribution in [0.15, 0.2) is 24.3 Å². The van der Waals surface area contributed by atoms with Crippen molar-refractivity contribution in [1.29, 1.82) is 0 Å². The van der Waals surface area contributed by atoms with Gasteiger partial charge in [0.25, 0.3) is 0 Å². The summed E-state index contributed by atoms with van der Waals surface area (Å²) < 4.78 is 5.58. The van der Waals surface area contributed by atoms with E-state index in [2.05, 4.69) is 19.1 Å². The van der Waals surface area contributed by atoms with E-state index in [0.29, 0.717) is 12.3 Å². The molecule has 0 bridgehead atoms. The Hall–Kier alpha value is -1.26. The van der Waals surface area contributed by atoms with Gasteiger partial charge in [-0.25, -0.2) is 0 Å². The van der Waals surface area contributed by atoms with E-state index in [0.717, 1.165) is 51.1 Å². The number of nitrogens with two attached hydrogens (primary N) is 1. The van der Waals surface area contributed by atoms with E-state index in [9.17, 15) is 4.79 Å². The third-order valence-corrected chi connectivity index (χ3v) is 4.58. The molecule has 1 amide bonds. The van der Waals surface area contributed by atoms with Gasteiger partial charge in [0.2, 0.25) is 5.91 Å². The Morgan fingerprint density at radius 3 is 2.71 bits per heavy atom. The summed E-state index contributed by atoms with van der Waals surface area (Å²) in [5, 5.41) is 0. The molecule has 0 spiro atoms. The van der Waals surface area contributed by atoms with Gasteiger partial charge in [-0.15, -0.1) is 12.4 Å². The highest BCUT2D eigenvalue weighted by atomic mass is 35.5. The van der Waals surface area contributed by atoms with Gasteiger partial charge >= 0.3 is 0 Å². The number of carbonyl (C=O) groups is 1. The molecule has 136 valence electrons. The normalized spacial score (nSPS) is 18.6. The van der Waals surface area contributed by atoms with Crippen LogP contribution in [0.2, 0.25) is 0 Å². The number of rotatable bonds is 7. The Morgan fingerprint density at radius 1 is 1.38 bits per heavy atom. The highest BCUT2D eigenvalue weighted by Crippen LogP contribution is 2.20. The van der Waals surface area contributed by atoms with Crippen molar-refractivity contribution >= 4 is 18.3 Å². The first-order valence-corrected chi connectivity index (χ1v) is 8.85. The van der Waals surface area contributed by atoms with Crippen molar-refractivity contribution in [2.45, 2.75) is 52.0 Å². The van der Waals surface area contributed by atoms with E-state index in [1.165, 1.54) is 5.56 Å². The molecule has 1 aromatic carbocycles. The number of nitrogens with zero attached hydrogens (tertiary/aromatic N) is 1. The number of hydrogen-bond donors (Lipinski definition) is 1. The molecular weight excluding hydrogens is 324 g/mol. The summed E-state index contributed by atoms with van der Waals surface area (Å²) in [4.78, 5) is 14.4. The van der Waals surface area contributed by atoms with Crippen LogP contribution in [0.5, 0.6) is 5.75 Å². The number of benzene rings is 1. The second kappa shape index (κ2) is 10.6. The second-order valence-electron chi connectivity index (χ2n) is 6.59.